The minimum atomic E-state index is -0.113. The van der Waals surface area contributed by atoms with Crippen LogP contribution in [-0.2, 0) is 0 Å². The van der Waals surface area contributed by atoms with E-state index in [1.165, 1.54) is 6.07 Å². The number of nitrogens with two attached hydrogens (primary N) is 1. The van der Waals surface area contributed by atoms with Gasteiger partial charge in [0.2, 0.25) is 0 Å². The lowest BCUT2D eigenvalue weighted by Crippen LogP contribution is -2.19. The molecule has 0 saturated carbocycles. The molecule has 0 saturated heterocycles. The minimum Gasteiger partial charge on any atom is -0.384 e. The molecule has 0 fully saturated rings. The summed E-state index contributed by atoms with van der Waals surface area (Å²) in [7, 11) is 0. The van der Waals surface area contributed by atoms with Crippen molar-refractivity contribution in [3.8, 4) is 0 Å². The first-order valence-corrected chi connectivity index (χ1v) is 4.96. The molecule has 2 rings (SSSR count). The van der Waals surface area contributed by atoms with Gasteiger partial charge in [0, 0.05) is 29.8 Å². The third-order valence-corrected chi connectivity index (χ3v) is 2.66. The number of anilines is 1. The number of rotatable bonds is 2. The topological polar surface area (TPSA) is 38.0 Å². The Morgan fingerprint density at radius 1 is 1.64 bits per heavy atom. The van der Waals surface area contributed by atoms with Gasteiger partial charge >= 0.3 is 0 Å². The molecule has 76 valence electrons. The molecule has 1 aromatic carbocycles. The fourth-order valence-corrected chi connectivity index (χ4v) is 2.09. The van der Waals surface area contributed by atoms with Gasteiger partial charge in [0.15, 0.2) is 0 Å². The number of hydrogen-bond donors (Lipinski definition) is 2. The molecule has 0 aromatic heterocycles. The molecular weight excluding hydrogens is 179 g/mol. The average Bonchev–Trinajstić information content (AvgIpc) is 2.49. The molecule has 0 aliphatic carbocycles. The van der Waals surface area contributed by atoms with Crippen molar-refractivity contribution in [2.75, 3.05) is 11.9 Å². The highest BCUT2D eigenvalue weighted by molar-refractivity contribution is 5.58. The highest BCUT2D eigenvalue weighted by atomic mass is 19.1. The van der Waals surface area contributed by atoms with E-state index in [4.69, 9.17) is 5.73 Å². The lowest BCUT2D eigenvalue weighted by Gasteiger charge is -2.13. The van der Waals surface area contributed by atoms with E-state index in [0.717, 1.165) is 24.2 Å². The molecule has 1 aliphatic rings. The summed E-state index contributed by atoms with van der Waals surface area (Å²) in [6.07, 6.45) is 0.834. The Balaban J connectivity index is 2.29. The van der Waals surface area contributed by atoms with Gasteiger partial charge in [-0.2, -0.15) is 0 Å². The summed E-state index contributed by atoms with van der Waals surface area (Å²) in [4.78, 5) is 0. The van der Waals surface area contributed by atoms with Gasteiger partial charge in [-0.15, -0.1) is 0 Å². The smallest absolute Gasteiger partial charge is 0.128 e. The largest absolute Gasteiger partial charge is 0.384 e. The summed E-state index contributed by atoms with van der Waals surface area (Å²) in [5, 5.41) is 3.20. The fourth-order valence-electron chi connectivity index (χ4n) is 2.09. The summed E-state index contributed by atoms with van der Waals surface area (Å²) in [5.41, 5.74) is 7.47. The van der Waals surface area contributed by atoms with Crippen LogP contribution in [0, 0.1) is 5.82 Å². The van der Waals surface area contributed by atoms with E-state index in [2.05, 4.69) is 5.32 Å². The zero-order chi connectivity index (χ0) is 10.1. The van der Waals surface area contributed by atoms with Crippen molar-refractivity contribution in [1.82, 2.24) is 0 Å². The fraction of sp³-hybridized carbons (Fsp3) is 0.455. The number of fused-ring (bicyclic) bond motifs is 1. The van der Waals surface area contributed by atoms with Crippen molar-refractivity contribution in [1.29, 1.82) is 0 Å². The third-order valence-electron chi connectivity index (χ3n) is 2.66. The minimum absolute atomic E-state index is 0.113. The van der Waals surface area contributed by atoms with E-state index in [1.807, 2.05) is 13.0 Å². The van der Waals surface area contributed by atoms with Gasteiger partial charge in [0.25, 0.3) is 0 Å². The Bertz CT molecular complexity index is 336. The Kier molecular flexibility index (Phi) is 2.42. The Morgan fingerprint density at radius 3 is 3.14 bits per heavy atom. The molecule has 3 heteroatoms. The molecule has 2 nitrogen and oxygen atoms in total. The van der Waals surface area contributed by atoms with Crippen LogP contribution < -0.4 is 11.1 Å². The molecule has 1 aliphatic heterocycles. The second-order valence-electron chi connectivity index (χ2n) is 3.99. The lowest BCUT2D eigenvalue weighted by atomic mass is 9.94. The maximum absolute atomic E-state index is 13.5. The van der Waals surface area contributed by atoms with Crippen LogP contribution in [0.3, 0.4) is 0 Å². The molecule has 2 unspecified atom stereocenters. The molecule has 0 amide bonds. The maximum atomic E-state index is 13.5. The summed E-state index contributed by atoms with van der Waals surface area (Å²) >= 11 is 0. The summed E-state index contributed by atoms with van der Waals surface area (Å²) in [6, 6.07) is 5.28. The molecule has 0 spiro atoms. The molecular formula is C11H15FN2. The van der Waals surface area contributed by atoms with Crippen LogP contribution in [0.4, 0.5) is 10.1 Å². The maximum Gasteiger partial charge on any atom is 0.128 e. The van der Waals surface area contributed by atoms with Crippen molar-refractivity contribution < 1.29 is 4.39 Å². The van der Waals surface area contributed by atoms with E-state index >= 15 is 0 Å². The molecule has 3 N–H and O–H groups in total. The highest BCUT2D eigenvalue weighted by Gasteiger charge is 2.25. The van der Waals surface area contributed by atoms with Crippen LogP contribution in [-0.4, -0.2) is 12.6 Å². The standard InChI is InChI=1S/C11H15FN2/c1-7(13)5-8-6-14-10-4-2-3-9(12)11(8)10/h2-4,7-8,14H,5-6,13H2,1H3. The SMILES string of the molecule is CC(N)CC1CNc2cccc(F)c21. The number of benzene rings is 1. The van der Waals surface area contributed by atoms with Crippen molar-refractivity contribution in [2.45, 2.75) is 25.3 Å². The van der Waals surface area contributed by atoms with E-state index in [1.54, 1.807) is 6.07 Å². The average molecular weight is 194 g/mol. The Labute approximate surface area is 83.3 Å². The highest BCUT2D eigenvalue weighted by Crippen LogP contribution is 2.35. The predicted molar refractivity (Wildman–Crippen MR) is 55.9 cm³/mol. The molecule has 1 aromatic rings. The normalized spacial score (nSPS) is 21.5. The van der Waals surface area contributed by atoms with Crippen LogP contribution in [0.5, 0.6) is 0 Å². The molecule has 2 atom stereocenters. The van der Waals surface area contributed by atoms with Gasteiger partial charge in [-0.05, 0) is 25.5 Å². The van der Waals surface area contributed by atoms with Gasteiger partial charge in [-0.1, -0.05) is 6.07 Å². The van der Waals surface area contributed by atoms with Crippen LogP contribution in [0.25, 0.3) is 0 Å². The zero-order valence-corrected chi connectivity index (χ0v) is 8.26. The van der Waals surface area contributed by atoms with Gasteiger partial charge < -0.3 is 11.1 Å². The van der Waals surface area contributed by atoms with Crippen LogP contribution in [0.1, 0.15) is 24.8 Å². The van der Waals surface area contributed by atoms with E-state index in [9.17, 15) is 4.39 Å². The van der Waals surface area contributed by atoms with Crippen molar-refractivity contribution in [3.63, 3.8) is 0 Å². The van der Waals surface area contributed by atoms with Crippen LogP contribution in [0.15, 0.2) is 18.2 Å². The Morgan fingerprint density at radius 2 is 2.43 bits per heavy atom. The van der Waals surface area contributed by atoms with E-state index in [0.29, 0.717) is 0 Å². The van der Waals surface area contributed by atoms with Crippen molar-refractivity contribution >= 4 is 5.69 Å². The van der Waals surface area contributed by atoms with Crippen molar-refractivity contribution in [3.05, 3.63) is 29.6 Å². The number of nitrogens with one attached hydrogen (secondary N) is 1. The summed E-state index contributed by atoms with van der Waals surface area (Å²) in [5.74, 6) is 0.115. The third kappa shape index (κ3) is 1.60. The van der Waals surface area contributed by atoms with Gasteiger partial charge in [-0.25, -0.2) is 4.39 Å². The summed E-state index contributed by atoms with van der Waals surface area (Å²) in [6.45, 7) is 2.76. The van der Waals surface area contributed by atoms with Gasteiger partial charge in [0.05, 0.1) is 0 Å². The molecule has 0 bridgehead atoms. The van der Waals surface area contributed by atoms with Crippen LogP contribution >= 0.6 is 0 Å². The first-order valence-electron chi connectivity index (χ1n) is 4.96. The second-order valence-corrected chi connectivity index (χ2v) is 3.99. The summed E-state index contributed by atoms with van der Waals surface area (Å²) < 4.78 is 13.5. The van der Waals surface area contributed by atoms with E-state index < -0.39 is 0 Å². The lowest BCUT2D eigenvalue weighted by molar-refractivity contribution is 0.546. The first kappa shape index (κ1) is 9.46. The molecule has 14 heavy (non-hydrogen) atoms. The first-order chi connectivity index (χ1) is 6.68. The number of halogens is 1. The zero-order valence-electron chi connectivity index (χ0n) is 8.26. The second kappa shape index (κ2) is 3.58. The number of hydrogen-bond acceptors (Lipinski definition) is 2. The quantitative estimate of drug-likeness (QED) is 0.756. The van der Waals surface area contributed by atoms with Gasteiger partial charge in [-0.3, -0.25) is 0 Å². The molecule has 1 heterocycles. The van der Waals surface area contributed by atoms with Crippen LogP contribution in [0.2, 0.25) is 0 Å². The van der Waals surface area contributed by atoms with Gasteiger partial charge in [0.1, 0.15) is 5.82 Å². The van der Waals surface area contributed by atoms with Crippen molar-refractivity contribution in [2.24, 2.45) is 5.73 Å². The monoisotopic (exact) mass is 194 g/mol. The predicted octanol–water partition coefficient (Wildman–Crippen LogP) is 2.07. The van der Waals surface area contributed by atoms with E-state index in [-0.39, 0.29) is 17.8 Å². The molecule has 0 radical (unpaired) electrons. The Hall–Kier alpha value is -1.09.